The summed E-state index contributed by atoms with van der Waals surface area (Å²) in [6.07, 6.45) is 3.06. The van der Waals surface area contributed by atoms with E-state index in [9.17, 15) is 19.1 Å². The number of fused-ring (bicyclic) bond motifs is 1. The molecule has 2 amide bonds. The molecule has 6 nitrogen and oxygen atoms in total. The van der Waals surface area contributed by atoms with Gasteiger partial charge in [0, 0.05) is 12.7 Å². The highest BCUT2D eigenvalue weighted by molar-refractivity contribution is 6.31. The van der Waals surface area contributed by atoms with Crippen LogP contribution in [0.5, 0.6) is 0 Å². The molecule has 1 heterocycles. The van der Waals surface area contributed by atoms with Crippen molar-refractivity contribution in [1.29, 1.82) is 0 Å². The van der Waals surface area contributed by atoms with E-state index in [1.54, 1.807) is 13.1 Å². The van der Waals surface area contributed by atoms with Crippen LogP contribution in [0.25, 0.3) is 0 Å². The standard InChI is InChI=1S/C21H23ClFN3O3/c1-26-18(20(24)28)9-15(12-4-10-6-14(27)7-11(10)5-12)19(26)21(29)25-13-2-3-17(23)16(22)8-13/h2-3,8-12,14,27H,4-7H2,1H3,(H2,24,28)(H,25,29). The van der Waals surface area contributed by atoms with Crippen LogP contribution in [0, 0.1) is 17.7 Å². The van der Waals surface area contributed by atoms with Crippen LogP contribution >= 0.6 is 11.6 Å². The van der Waals surface area contributed by atoms with Crippen molar-refractivity contribution in [1.82, 2.24) is 4.57 Å². The van der Waals surface area contributed by atoms with E-state index < -0.39 is 17.6 Å². The lowest BCUT2D eigenvalue weighted by Crippen LogP contribution is -2.21. The topological polar surface area (TPSA) is 97.3 Å². The molecular weight excluding hydrogens is 397 g/mol. The van der Waals surface area contributed by atoms with Gasteiger partial charge in [0.1, 0.15) is 17.2 Å². The Morgan fingerprint density at radius 1 is 1.21 bits per heavy atom. The molecule has 0 bridgehead atoms. The molecule has 0 spiro atoms. The van der Waals surface area contributed by atoms with Gasteiger partial charge in [-0.3, -0.25) is 9.59 Å². The van der Waals surface area contributed by atoms with Crippen molar-refractivity contribution in [2.45, 2.75) is 37.7 Å². The zero-order valence-electron chi connectivity index (χ0n) is 16.0. The highest BCUT2D eigenvalue weighted by Gasteiger charge is 2.43. The van der Waals surface area contributed by atoms with Crippen LogP contribution in [0.1, 0.15) is 58.1 Å². The van der Waals surface area contributed by atoms with Gasteiger partial charge < -0.3 is 20.7 Å². The molecule has 0 saturated heterocycles. The molecule has 2 unspecified atom stereocenters. The van der Waals surface area contributed by atoms with E-state index in [1.807, 2.05) is 0 Å². The number of aliphatic hydroxyl groups excluding tert-OH is 1. The van der Waals surface area contributed by atoms with E-state index in [0.717, 1.165) is 31.2 Å². The highest BCUT2D eigenvalue weighted by Crippen LogP contribution is 2.51. The van der Waals surface area contributed by atoms with Crippen LogP contribution in [0.3, 0.4) is 0 Å². The molecule has 8 heteroatoms. The lowest BCUT2D eigenvalue weighted by Gasteiger charge is -2.15. The monoisotopic (exact) mass is 419 g/mol. The number of rotatable bonds is 4. The summed E-state index contributed by atoms with van der Waals surface area (Å²) in [6, 6.07) is 5.66. The summed E-state index contributed by atoms with van der Waals surface area (Å²) < 4.78 is 14.9. The first-order valence-corrected chi connectivity index (χ1v) is 10.1. The Labute approximate surface area is 172 Å². The number of carbonyl (C=O) groups excluding carboxylic acids is 2. The van der Waals surface area contributed by atoms with Crippen LogP contribution in [0.15, 0.2) is 24.3 Å². The van der Waals surface area contributed by atoms with Crippen LogP contribution in [-0.4, -0.2) is 27.6 Å². The summed E-state index contributed by atoms with van der Waals surface area (Å²) >= 11 is 5.81. The largest absolute Gasteiger partial charge is 0.393 e. The van der Waals surface area contributed by atoms with Crippen LogP contribution in [0.4, 0.5) is 10.1 Å². The predicted octanol–water partition coefficient (Wildman–Crippen LogP) is 3.43. The summed E-state index contributed by atoms with van der Waals surface area (Å²) in [7, 11) is 1.63. The zero-order chi connectivity index (χ0) is 20.9. The summed E-state index contributed by atoms with van der Waals surface area (Å²) in [6.45, 7) is 0. The minimum Gasteiger partial charge on any atom is -0.393 e. The molecular formula is C21H23ClFN3O3. The fourth-order valence-corrected chi connectivity index (χ4v) is 5.24. The van der Waals surface area contributed by atoms with Gasteiger partial charge in [-0.05, 0) is 73.3 Å². The van der Waals surface area contributed by atoms with Gasteiger partial charge in [0.2, 0.25) is 0 Å². The van der Waals surface area contributed by atoms with Crippen LogP contribution < -0.4 is 11.1 Å². The third kappa shape index (κ3) is 3.65. The average molecular weight is 420 g/mol. The number of nitrogens with two attached hydrogens (primary N) is 1. The second-order valence-corrected chi connectivity index (χ2v) is 8.56. The predicted molar refractivity (Wildman–Crippen MR) is 107 cm³/mol. The smallest absolute Gasteiger partial charge is 0.272 e. The van der Waals surface area contributed by atoms with Crippen molar-refractivity contribution < 1.29 is 19.1 Å². The summed E-state index contributed by atoms with van der Waals surface area (Å²) in [5, 5.41) is 12.5. The second kappa shape index (κ2) is 7.46. The van der Waals surface area contributed by atoms with Gasteiger partial charge in [0.25, 0.3) is 11.8 Å². The number of aromatic nitrogens is 1. The first kappa shape index (κ1) is 19.9. The Hall–Kier alpha value is -2.38. The number of aliphatic hydroxyl groups is 1. The number of nitrogens with one attached hydrogen (secondary N) is 1. The third-order valence-corrected chi connectivity index (χ3v) is 6.63. The lowest BCUT2D eigenvalue weighted by atomic mass is 9.93. The number of primary amides is 1. The van der Waals surface area contributed by atoms with Crippen LogP contribution in [0.2, 0.25) is 5.02 Å². The van der Waals surface area contributed by atoms with Crippen molar-refractivity contribution in [3.8, 4) is 0 Å². The van der Waals surface area contributed by atoms with Crippen molar-refractivity contribution in [2.24, 2.45) is 24.6 Å². The Balaban J connectivity index is 1.65. The van der Waals surface area contributed by atoms with Crippen molar-refractivity contribution in [3.63, 3.8) is 0 Å². The fraction of sp³-hybridized carbons (Fsp3) is 0.429. The van der Waals surface area contributed by atoms with Gasteiger partial charge in [0.05, 0.1) is 11.1 Å². The number of hydrogen-bond acceptors (Lipinski definition) is 3. The van der Waals surface area contributed by atoms with E-state index in [4.69, 9.17) is 17.3 Å². The normalized spacial score (nSPS) is 25.8. The minimum atomic E-state index is -0.605. The molecule has 29 heavy (non-hydrogen) atoms. The molecule has 1 aromatic heterocycles. The van der Waals surface area contributed by atoms with E-state index in [2.05, 4.69) is 5.32 Å². The van der Waals surface area contributed by atoms with Gasteiger partial charge in [0.15, 0.2) is 0 Å². The molecule has 4 rings (SSSR count). The van der Waals surface area contributed by atoms with E-state index >= 15 is 0 Å². The Morgan fingerprint density at radius 3 is 2.45 bits per heavy atom. The maximum absolute atomic E-state index is 13.4. The van der Waals surface area contributed by atoms with Gasteiger partial charge in [-0.1, -0.05) is 11.6 Å². The number of carbonyl (C=O) groups is 2. The highest BCUT2D eigenvalue weighted by atomic mass is 35.5. The number of hydrogen-bond donors (Lipinski definition) is 3. The van der Waals surface area contributed by atoms with Gasteiger partial charge in [-0.2, -0.15) is 0 Å². The van der Waals surface area contributed by atoms with Gasteiger partial charge >= 0.3 is 0 Å². The van der Waals surface area contributed by atoms with E-state index in [0.29, 0.717) is 23.2 Å². The van der Waals surface area contributed by atoms with E-state index in [-0.39, 0.29) is 22.7 Å². The molecule has 2 aliphatic rings. The number of halogens is 2. The van der Waals surface area contributed by atoms with E-state index in [1.165, 1.54) is 22.8 Å². The molecule has 0 radical (unpaired) electrons. The van der Waals surface area contributed by atoms with Gasteiger partial charge in [-0.15, -0.1) is 0 Å². The molecule has 154 valence electrons. The Kier molecular flexibility index (Phi) is 5.12. The quantitative estimate of drug-likeness (QED) is 0.708. The number of amides is 2. The molecule has 2 atom stereocenters. The van der Waals surface area contributed by atoms with Crippen molar-refractivity contribution in [2.75, 3.05) is 5.32 Å². The summed E-state index contributed by atoms with van der Waals surface area (Å²) in [5.74, 6) is -0.603. The fourth-order valence-electron chi connectivity index (χ4n) is 5.06. The summed E-state index contributed by atoms with van der Waals surface area (Å²) in [4.78, 5) is 25.0. The molecule has 2 fully saturated rings. The number of benzene rings is 1. The SMILES string of the molecule is Cn1c(C(N)=O)cc(C2CC3CC(O)CC3C2)c1C(=O)Nc1ccc(F)c(Cl)c1. The number of anilines is 1. The first-order chi connectivity index (χ1) is 13.7. The van der Waals surface area contributed by atoms with Crippen molar-refractivity contribution >= 4 is 29.1 Å². The molecule has 1 aromatic carbocycles. The molecule has 2 aliphatic carbocycles. The minimum absolute atomic E-state index is 0.0881. The third-order valence-electron chi connectivity index (χ3n) is 6.34. The van der Waals surface area contributed by atoms with Gasteiger partial charge in [-0.25, -0.2) is 4.39 Å². The van der Waals surface area contributed by atoms with Crippen molar-refractivity contribution in [3.05, 3.63) is 52.1 Å². The lowest BCUT2D eigenvalue weighted by molar-refractivity contribution is 0.0991. The Morgan fingerprint density at radius 2 is 1.86 bits per heavy atom. The summed E-state index contributed by atoms with van der Waals surface area (Å²) in [5.41, 5.74) is 7.29. The Bertz CT molecular complexity index is 976. The average Bonchev–Trinajstić information content (AvgIpc) is 3.28. The molecule has 2 aromatic rings. The number of nitrogens with zero attached hydrogens (tertiary/aromatic N) is 1. The maximum Gasteiger partial charge on any atom is 0.272 e. The second-order valence-electron chi connectivity index (χ2n) is 8.15. The zero-order valence-corrected chi connectivity index (χ0v) is 16.7. The molecule has 0 aliphatic heterocycles. The molecule has 2 saturated carbocycles. The first-order valence-electron chi connectivity index (χ1n) is 9.68. The molecule has 4 N–H and O–H groups in total. The van der Waals surface area contributed by atoms with Crippen LogP contribution in [-0.2, 0) is 7.05 Å². The maximum atomic E-state index is 13.4.